The summed E-state index contributed by atoms with van der Waals surface area (Å²) in [4.78, 5) is 50.8. The number of hydrogen-bond donors (Lipinski definition) is 2. The van der Waals surface area contributed by atoms with E-state index >= 15 is 0 Å². The maximum atomic E-state index is 14.7. The molecule has 1 aromatic heterocycles. The summed E-state index contributed by atoms with van der Waals surface area (Å²) in [5.41, 5.74) is 2.29. The van der Waals surface area contributed by atoms with E-state index < -0.39 is 22.8 Å². The number of nitrogens with one attached hydrogen (secondary N) is 2. The standard InChI is InChI=1S/C32H30FN5O3/c33-25-10-4-3-8-23(25)27-29(40)38(32(37-27)13-5-1-2-6-14-32)19-26(39)35-22-12-11-20-17-31(18-21(20)16-22)24-9-7-15-34-28(24)36-30(31)41/h3-4,7-12,15-16H,1-2,5-6,13-14,17-19H2,(H,35,39)(H,34,36,41)/t31-/m1/s1. The van der Waals surface area contributed by atoms with Crippen LogP contribution in [0.5, 0.6) is 0 Å². The molecule has 2 spiro atoms. The van der Waals surface area contributed by atoms with Crippen molar-refractivity contribution in [3.05, 3.63) is 88.9 Å². The normalized spacial score (nSPS) is 22.4. The molecule has 3 aromatic rings. The molecule has 2 aromatic carbocycles. The van der Waals surface area contributed by atoms with Crippen molar-refractivity contribution in [3.8, 4) is 0 Å². The van der Waals surface area contributed by atoms with Crippen LogP contribution in [0.15, 0.2) is 65.8 Å². The summed E-state index contributed by atoms with van der Waals surface area (Å²) in [6, 6.07) is 15.7. The lowest BCUT2D eigenvalue weighted by Gasteiger charge is -2.35. The minimum Gasteiger partial charge on any atom is -0.325 e. The average Bonchev–Trinajstić information content (AvgIpc) is 3.48. The zero-order valence-electron chi connectivity index (χ0n) is 22.6. The van der Waals surface area contributed by atoms with E-state index in [4.69, 9.17) is 4.99 Å². The fourth-order valence-corrected chi connectivity index (χ4v) is 7.05. The van der Waals surface area contributed by atoms with Gasteiger partial charge in [0.25, 0.3) is 5.91 Å². The summed E-state index contributed by atoms with van der Waals surface area (Å²) < 4.78 is 14.7. The number of aromatic nitrogens is 1. The molecule has 8 nitrogen and oxygen atoms in total. The van der Waals surface area contributed by atoms with Gasteiger partial charge in [0.05, 0.1) is 5.41 Å². The second-order valence-electron chi connectivity index (χ2n) is 11.5. The molecule has 9 heteroatoms. The van der Waals surface area contributed by atoms with E-state index in [1.165, 1.54) is 6.07 Å². The zero-order chi connectivity index (χ0) is 28.2. The number of halogens is 1. The molecule has 0 saturated heterocycles. The number of carbonyl (C=O) groups is 3. The van der Waals surface area contributed by atoms with Crippen LogP contribution in [0.3, 0.4) is 0 Å². The Morgan fingerprint density at radius 1 is 0.976 bits per heavy atom. The second kappa shape index (κ2) is 9.61. The number of pyridine rings is 1. The van der Waals surface area contributed by atoms with Gasteiger partial charge in [-0.3, -0.25) is 19.4 Å². The molecule has 0 unspecified atom stereocenters. The van der Waals surface area contributed by atoms with Gasteiger partial charge in [0, 0.05) is 23.0 Å². The van der Waals surface area contributed by atoms with Gasteiger partial charge in [-0.15, -0.1) is 0 Å². The molecule has 2 aliphatic heterocycles. The number of amides is 3. The highest BCUT2D eigenvalue weighted by molar-refractivity contribution is 6.47. The maximum Gasteiger partial charge on any atom is 0.275 e. The molecule has 3 amide bonds. The van der Waals surface area contributed by atoms with E-state index in [1.54, 1.807) is 29.3 Å². The van der Waals surface area contributed by atoms with Gasteiger partial charge in [0.1, 0.15) is 29.6 Å². The number of benzene rings is 2. The van der Waals surface area contributed by atoms with E-state index in [-0.39, 0.29) is 29.6 Å². The average molecular weight is 552 g/mol. The van der Waals surface area contributed by atoms with E-state index in [0.717, 1.165) is 42.4 Å². The Bertz CT molecular complexity index is 1630. The number of fused-ring (bicyclic) bond motifs is 3. The first-order valence-corrected chi connectivity index (χ1v) is 14.2. The molecule has 0 radical (unpaired) electrons. The van der Waals surface area contributed by atoms with E-state index in [1.807, 2.05) is 30.3 Å². The van der Waals surface area contributed by atoms with Gasteiger partial charge in [0.2, 0.25) is 11.8 Å². The highest BCUT2D eigenvalue weighted by atomic mass is 19.1. The van der Waals surface area contributed by atoms with Crippen LogP contribution in [-0.2, 0) is 32.6 Å². The third kappa shape index (κ3) is 4.13. The first kappa shape index (κ1) is 25.6. The zero-order valence-corrected chi connectivity index (χ0v) is 22.6. The molecule has 1 fully saturated rings. The van der Waals surface area contributed by atoms with Crippen LogP contribution in [-0.4, -0.2) is 45.5 Å². The van der Waals surface area contributed by atoms with Crippen LogP contribution >= 0.6 is 0 Å². The molecule has 4 aliphatic rings. The van der Waals surface area contributed by atoms with Crippen molar-refractivity contribution in [3.63, 3.8) is 0 Å². The summed E-state index contributed by atoms with van der Waals surface area (Å²) >= 11 is 0. The number of rotatable bonds is 4. The minimum absolute atomic E-state index is 0.0557. The molecule has 1 atom stereocenters. The van der Waals surface area contributed by atoms with E-state index in [2.05, 4.69) is 15.6 Å². The number of carbonyl (C=O) groups excluding carboxylic acids is 3. The van der Waals surface area contributed by atoms with Gasteiger partial charge >= 0.3 is 0 Å². The molecule has 208 valence electrons. The van der Waals surface area contributed by atoms with Gasteiger partial charge in [-0.2, -0.15) is 0 Å². The topological polar surface area (TPSA) is 104 Å². The molecule has 2 N–H and O–H groups in total. The van der Waals surface area contributed by atoms with Crippen molar-refractivity contribution in [2.45, 2.75) is 62.4 Å². The summed E-state index contributed by atoms with van der Waals surface area (Å²) in [5, 5.41) is 5.88. The number of anilines is 2. The van der Waals surface area contributed by atoms with E-state index in [0.29, 0.717) is 37.2 Å². The van der Waals surface area contributed by atoms with Gasteiger partial charge in [-0.1, -0.05) is 37.1 Å². The smallest absolute Gasteiger partial charge is 0.275 e. The number of hydrogen-bond acceptors (Lipinski definition) is 5. The Kier molecular flexibility index (Phi) is 5.99. The van der Waals surface area contributed by atoms with Crippen LogP contribution in [0.1, 0.15) is 60.8 Å². The Morgan fingerprint density at radius 3 is 2.56 bits per heavy atom. The van der Waals surface area contributed by atoms with Crippen LogP contribution in [0.2, 0.25) is 0 Å². The maximum absolute atomic E-state index is 14.7. The molecule has 7 rings (SSSR count). The molecule has 0 bridgehead atoms. The number of nitrogens with zero attached hydrogens (tertiary/aromatic N) is 3. The second-order valence-corrected chi connectivity index (χ2v) is 11.5. The Labute approximate surface area is 237 Å². The molecular weight excluding hydrogens is 521 g/mol. The summed E-state index contributed by atoms with van der Waals surface area (Å²) in [6.07, 6.45) is 7.89. The lowest BCUT2D eigenvalue weighted by atomic mass is 9.79. The van der Waals surface area contributed by atoms with E-state index in [9.17, 15) is 18.8 Å². The first-order chi connectivity index (χ1) is 19.9. The third-order valence-electron chi connectivity index (χ3n) is 9.07. The quantitative estimate of drug-likeness (QED) is 0.497. The predicted octanol–water partition coefficient (Wildman–Crippen LogP) is 4.53. The highest BCUT2D eigenvalue weighted by Gasteiger charge is 2.51. The Hall–Kier alpha value is -4.40. The third-order valence-corrected chi connectivity index (χ3v) is 9.07. The fourth-order valence-electron chi connectivity index (χ4n) is 7.05. The van der Waals surface area contributed by atoms with Crippen molar-refractivity contribution in [2.24, 2.45) is 4.99 Å². The van der Waals surface area contributed by atoms with Gasteiger partial charge in [-0.05, 0) is 80.0 Å². The van der Waals surface area contributed by atoms with Crippen LogP contribution < -0.4 is 10.6 Å². The van der Waals surface area contributed by atoms with Crippen molar-refractivity contribution in [1.29, 1.82) is 0 Å². The van der Waals surface area contributed by atoms with Crippen molar-refractivity contribution in [2.75, 3.05) is 17.2 Å². The SMILES string of the molecule is O=C(CN1C(=O)C(c2ccccc2F)=NC12CCCCCC2)Nc1ccc2c(c1)C[C@@]1(C2)C(=O)Nc2ncccc21. The van der Waals surface area contributed by atoms with Crippen molar-refractivity contribution < 1.29 is 18.8 Å². The van der Waals surface area contributed by atoms with Crippen LogP contribution in [0.25, 0.3) is 0 Å². The highest BCUT2D eigenvalue weighted by Crippen LogP contribution is 2.47. The Morgan fingerprint density at radius 2 is 1.76 bits per heavy atom. The summed E-state index contributed by atoms with van der Waals surface area (Å²) in [7, 11) is 0. The van der Waals surface area contributed by atoms with Gasteiger partial charge in [-0.25, -0.2) is 9.37 Å². The molecule has 2 aliphatic carbocycles. The fraction of sp³-hybridized carbons (Fsp3) is 0.344. The largest absolute Gasteiger partial charge is 0.325 e. The predicted molar refractivity (Wildman–Crippen MR) is 152 cm³/mol. The van der Waals surface area contributed by atoms with Gasteiger partial charge < -0.3 is 15.5 Å². The Balaban J connectivity index is 1.12. The molecule has 41 heavy (non-hydrogen) atoms. The van der Waals surface area contributed by atoms with Gasteiger partial charge in [0.15, 0.2) is 0 Å². The monoisotopic (exact) mass is 551 g/mol. The summed E-state index contributed by atoms with van der Waals surface area (Å²) in [5.74, 6) is -0.700. The molecular formula is C32H30FN5O3. The lowest BCUT2D eigenvalue weighted by Crippen LogP contribution is -2.50. The van der Waals surface area contributed by atoms with Crippen LogP contribution in [0, 0.1) is 5.82 Å². The van der Waals surface area contributed by atoms with Crippen LogP contribution in [0.4, 0.5) is 15.9 Å². The molecule has 3 heterocycles. The first-order valence-electron chi connectivity index (χ1n) is 14.2. The van der Waals surface area contributed by atoms with Crippen molar-refractivity contribution >= 4 is 34.9 Å². The number of aliphatic imine (C=N–C) groups is 1. The molecule has 1 saturated carbocycles. The minimum atomic E-state index is -0.843. The van der Waals surface area contributed by atoms with Crippen molar-refractivity contribution in [1.82, 2.24) is 9.88 Å². The summed E-state index contributed by atoms with van der Waals surface area (Å²) in [6.45, 7) is -0.178. The lowest BCUT2D eigenvalue weighted by molar-refractivity contribution is -0.133.